The first-order valence-electron chi connectivity index (χ1n) is 13.2. The van der Waals surface area contributed by atoms with Crippen molar-refractivity contribution in [2.24, 2.45) is 0 Å². The number of hydrogen-bond acceptors (Lipinski definition) is 3. The number of benzene rings is 5. The first-order chi connectivity index (χ1) is 18.6. The molecule has 4 heteroatoms. The van der Waals surface area contributed by atoms with Gasteiger partial charge in [0.25, 0.3) is 5.69 Å². The number of nitrogen functional groups attached to an aromatic ring is 1. The minimum atomic E-state index is -0.207. The third-order valence-electron chi connectivity index (χ3n) is 9.46. The van der Waals surface area contributed by atoms with Crippen molar-refractivity contribution in [3.8, 4) is 11.1 Å². The number of nitro groups is 1. The maximum absolute atomic E-state index is 13.2. The summed E-state index contributed by atoms with van der Waals surface area (Å²) in [5, 5.41) is 13.2. The molecule has 0 saturated heterocycles. The number of nitrogens with zero attached hydrogens (tertiary/aromatic N) is 1. The van der Waals surface area contributed by atoms with Crippen LogP contribution >= 0.6 is 0 Å². The molecule has 0 spiro atoms. The smallest absolute Gasteiger partial charge is 0.278 e. The Labute approximate surface area is 219 Å². The summed E-state index contributed by atoms with van der Waals surface area (Å²) in [5.74, 6) is -0.503. The summed E-state index contributed by atoms with van der Waals surface area (Å²) < 4.78 is 0. The van der Waals surface area contributed by atoms with Crippen LogP contribution in [-0.4, -0.2) is 4.92 Å². The number of nitro benzene ring substituents is 1. The fraction of sp³-hybridized carbons (Fsp3) is 0.118. The Balaban J connectivity index is 1.45. The Kier molecular flexibility index (Phi) is 3.64. The largest absolute Gasteiger partial charge is 0.398 e. The average molecular weight is 491 g/mol. The molecule has 0 saturated carbocycles. The lowest BCUT2D eigenvalue weighted by Gasteiger charge is -2.44. The van der Waals surface area contributed by atoms with E-state index in [2.05, 4.69) is 72.8 Å². The molecule has 2 N–H and O–H groups in total. The standard InChI is InChI=1S/C34H22N2O2/c35-33-26-16-25-18-14-7-15-24(25)27(19-9-2-1-8-17(18)19)30(26)34(36(37)38)32-29-22-12-5-3-10-20(22)28(31(32)33)21-11-4-6-13-23(21)29/h1-15,27-29H,16,35H2. The zero-order valence-corrected chi connectivity index (χ0v) is 20.4. The van der Waals surface area contributed by atoms with Crippen LogP contribution in [0.1, 0.15) is 79.0 Å². The molecule has 5 aromatic rings. The third-order valence-corrected chi connectivity index (χ3v) is 9.46. The van der Waals surface area contributed by atoms with Crippen molar-refractivity contribution in [3.05, 3.63) is 162 Å². The summed E-state index contributed by atoms with van der Waals surface area (Å²) in [4.78, 5) is 13.1. The quantitative estimate of drug-likeness (QED) is 0.150. The van der Waals surface area contributed by atoms with Gasteiger partial charge in [-0.05, 0) is 61.2 Å². The van der Waals surface area contributed by atoms with E-state index in [-0.39, 0.29) is 28.4 Å². The summed E-state index contributed by atoms with van der Waals surface area (Å²) in [7, 11) is 0. The summed E-state index contributed by atoms with van der Waals surface area (Å²) in [6.07, 6.45) is 0.617. The highest BCUT2D eigenvalue weighted by atomic mass is 16.6. The van der Waals surface area contributed by atoms with Crippen LogP contribution in [0.15, 0.2) is 91.0 Å². The summed E-state index contributed by atoms with van der Waals surface area (Å²) in [6, 6.07) is 31.7. The molecule has 5 aromatic carbocycles. The topological polar surface area (TPSA) is 69.2 Å². The SMILES string of the molecule is Nc1c2c(c([N+](=O)[O-])c3c1C1c4ccccc4C3c3ccccc31)C1c3ccccc3-c3cccc1c3C2. The summed E-state index contributed by atoms with van der Waals surface area (Å²) in [5.41, 5.74) is 22.4. The van der Waals surface area contributed by atoms with Crippen molar-refractivity contribution in [3.63, 3.8) is 0 Å². The molecule has 0 heterocycles. The van der Waals surface area contributed by atoms with E-state index in [1.54, 1.807) is 0 Å². The van der Waals surface area contributed by atoms with Crippen molar-refractivity contribution in [1.29, 1.82) is 0 Å². The van der Waals surface area contributed by atoms with Gasteiger partial charge in [0.15, 0.2) is 0 Å². The van der Waals surface area contributed by atoms with Crippen molar-refractivity contribution < 1.29 is 4.92 Å². The lowest BCUT2D eigenvalue weighted by molar-refractivity contribution is -0.386. The van der Waals surface area contributed by atoms with Gasteiger partial charge >= 0.3 is 0 Å². The van der Waals surface area contributed by atoms with Crippen molar-refractivity contribution in [2.75, 3.05) is 5.73 Å². The third kappa shape index (κ3) is 2.20. The van der Waals surface area contributed by atoms with Gasteiger partial charge in [-0.3, -0.25) is 10.1 Å². The first-order valence-corrected chi connectivity index (χ1v) is 13.2. The summed E-state index contributed by atoms with van der Waals surface area (Å²) in [6.45, 7) is 0. The van der Waals surface area contributed by atoms with E-state index in [1.807, 2.05) is 18.2 Å². The van der Waals surface area contributed by atoms with Gasteiger partial charge in [-0.15, -0.1) is 0 Å². The number of hydrogen-bond donors (Lipinski definition) is 1. The number of rotatable bonds is 1. The Morgan fingerprint density at radius 1 is 0.579 bits per heavy atom. The predicted octanol–water partition coefficient (Wildman–Crippen LogP) is 7.23. The molecule has 1 atom stereocenters. The second-order valence-corrected chi connectivity index (χ2v) is 10.9. The highest BCUT2D eigenvalue weighted by Crippen LogP contribution is 2.63. The Hall–Kier alpha value is -4.70. The normalized spacial score (nSPS) is 20.1. The predicted molar refractivity (Wildman–Crippen MR) is 148 cm³/mol. The van der Waals surface area contributed by atoms with Gasteiger partial charge in [-0.2, -0.15) is 0 Å². The molecule has 10 rings (SSSR count). The zero-order chi connectivity index (χ0) is 25.3. The fourth-order valence-corrected chi connectivity index (χ4v) is 8.17. The van der Waals surface area contributed by atoms with E-state index in [4.69, 9.17) is 5.73 Å². The van der Waals surface area contributed by atoms with Crippen molar-refractivity contribution >= 4 is 11.4 Å². The Morgan fingerprint density at radius 2 is 1.08 bits per heavy atom. The second-order valence-electron chi connectivity index (χ2n) is 10.9. The molecule has 6 bridgehead atoms. The molecule has 0 amide bonds. The van der Waals surface area contributed by atoms with Crippen LogP contribution < -0.4 is 5.73 Å². The molecule has 0 aromatic heterocycles. The Bertz CT molecular complexity index is 1870. The van der Waals surface area contributed by atoms with Gasteiger partial charge in [0.2, 0.25) is 0 Å². The van der Waals surface area contributed by atoms with E-state index in [9.17, 15) is 10.1 Å². The average Bonchev–Trinajstić information content (AvgIpc) is 2.94. The van der Waals surface area contributed by atoms with Gasteiger partial charge in [0, 0.05) is 41.0 Å². The molecule has 0 fully saturated rings. The second kappa shape index (κ2) is 6.78. The molecular weight excluding hydrogens is 468 g/mol. The monoisotopic (exact) mass is 490 g/mol. The van der Waals surface area contributed by atoms with E-state index >= 15 is 0 Å². The first kappa shape index (κ1) is 20.4. The number of nitrogens with two attached hydrogens (primary N) is 1. The lowest BCUT2D eigenvalue weighted by Crippen LogP contribution is -2.32. The molecule has 5 aliphatic rings. The number of anilines is 1. The molecule has 0 aliphatic heterocycles. The van der Waals surface area contributed by atoms with E-state index in [0.29, 0.717) is 6.42 Å². The van der Waals surface area contributed by atoms with Crippen LogP contribution in [0.25, 0.3) is 11.1 Å². The maximum atomic E-state index is 13.2. The van der Waals surface area contributed by atoms with E-state index in [0.717, 1.165) is 44.6 Å². The number of fused-ring (bicyclic) bond motifs is 5. The van der Waals surface area contributed by atoms with Gasteiger partial charge < -0.3 is 5.73 Å². The zero-order valence-electron chi connectivity index (χ0n) is 20.4. The van der Waals surface area contributed by atoms with Crippen molar-refractivity contribution in [2.45, 2.75) is 24.2 Å². The van der Waals surface area contributed by atoms with E-state index < -0.39 is 0 Å². The maximum Gasteiger partial charge on any atom is 0.278 e. The fourth-order valence-electron chi connectivity index (χ4n) is 8.17. The highest BCUT2D eigenvalue weighted by molar-refractivity contribution is 5.88. The molecule has 4 nitrogen and oxygen atoms in total. The minimum Gasteiger partial charge on any atom is -0.398 e. The van der Waals surface area contributed by atoms with Gasteiger partial charge in [-0.25, -0.2) is 0 Å². The van der Waals surface area contributed by atoms with Gasteiger partial charge in [-0.1, -0.05) is 91.0 Å². The van der Waals surface area contributed by atoms with Crippen LogP contribution in [0.5, 0.6) is 0 Å². The lowest BCUT2D eigenvalue weighted by atomic mass is 9.57. The van der Waals surface area contributed by atoms with Crippen LogP contribution in [0, 0.1) is 10.1 Å². The summed E-state index contributed by atoms with van der Waals surface area (Å²) >= 11 is 0. The van der Waals surface area contributed by atoms with Gasteiger partial charge in [0.1, 0.15) is 0 Å². The van der Waals surface area contributed by atoms with Crippen LogP contribution in [0.3, 0.4) is 0 Å². The van der Waals surface area contributed by atoms with Crippen molar-refractivity contribution in [1.82, 2.24) is 0 Å². The molecule has 5 aliphatic carbocycles. The molecule has 0 radical (unpaired) electrons. The van der Waals surface area contributed by atoms with Crippen LogP contribution in [-0.2, 0) is 6.42 Å². The highest BCUT2D eigenvalue weighted by Gasteiger charge is 2.50. The Morgan fingerprint density at radius 3 is 1.71 bits per heavy atom. The minimum absolute atomic E-state index is 0.100. The molecule has 38 heavy (non-hydrogen) atoms. The molecule has 1 unspecified atom stereocenters. The van der Waals surface area contributed by atoms with E-state index in [1.165, 1.54) is 33.4 Å². The molecular formula is C34H22N2O2. The van der Waals surface area contributed by atoms with Crippen LogP contribution in [0.4, 0.5) is 11.4 Å². The van der Waals surface area contributed by atoms with Crippen LogP contribution in [0.2, 0.25) is 0 Å². The van der Waals surface area contributed by atoms with Gasteiger partial charge in [0.05, 0.1) is 4.92 Å². The molecule has 180 valence electrons.